The van der Waals surface area contributed by atoms with E-state index in [-0.39, 0.29) is 12.2 Å². The van der Waals surface area contributed by atoms with Crippen molar-refractivity contribution in [3.63, 3.8) is 0 Å². The van der Waals surface area contributed by atoms with Crippen molar-refractivity contribution in [3.05, 3.63) is 71.3 Å². The van der Waals surface area contributed by atoms with Gasteiger partial charge < -0.3 is 18.6 Å². The van der Waals surface area contributed by atoms with Crippen LogP contribution in [-0.2, 0) is 4.74 Å². The van der Waals surface area contributed by atoms with E-state index in [1.807, 2.05) is 12.1 Å². The average molecular weight is 415 g/mol. The van der Waals surface area contributed by atoms with Crippen molar-refractivity contribution < 1.29 is 18.6 Å². The van der Waals surface area contributed by atoms with E-state index in [4.69, 9.17) is 18.6 Å². The summed E-state index contributed by atoms with van der Waals surface area (Å²) in [5.74, 6) is 1.96. The predicted molar refractivity (Wildman–Crippen MR) is 121 cm³/mol. The maximum absolute atomic E-state index is 6.79. The molecule has 1 aliphatic heterocycles. The summed E-state index contributed by atoms with van der Waals surface area (Å²) >= 11 is 0. The fourth-order valence-corrected chi connectivity index (χ4v) is 5.49. The van der Waals surface area contributed by atoms with Crippen LogP contribution in [0.1, 0.15) is 54.4 Å². The minimum absolute atomic E-state index is 0.132. The lowest BCUT2D eigenvalue weighted by molar-refractivity contribution is -0.0390. The molecule has 0 spiro atoms. The summed E-state index contributed by atoms with van der Waals surface area (Å²) in [6.45, 7) is 0. The number of hydrogen-bond acceptors (Lipinski definition) is 4. The molecule has 1 aromatic heterocycles. The molecule has 2 heterocycles. The van der Waals surface area contributed by atoms with Gasteiger partial charge in [-0.25, -0.2) is 0 Å². The number of methoxy groups -OCH3 is 2. The second kappa shape index (κ2) is 7.31. The van der Waals surface area contributed by atoms with E-state index in [2.05, 4.69) is 42.5 Å². The molecule has 1 saturated carbocycles. The molecular weight excluding hydrogens is 388 g/mol. The second-order valence-electron chi connectivity index (χ2n) is 8.64. The largest absolute Gasteiger partial charge is 0.493 e. The van der Waals surface area contributed by atoms with Crippen LogP contribution in [0.15, 0.2) is 59.0 Å². The van der Waals surface area contributed by atoms with E-state index in [0.29, 0.717) is 5.92 Å². The summed E-state index contributed by atoms with van der Waals surface area (Å²) in [4.78, 5) is 0. The molecule has 2 aliphatic rings. The zero-order valence-electron chi connectivity index (χ0n) is 17.9. The van der Waals surface area contributed by atoms with E-state index < -0.39 is 0 Å². The van der Waals surface area contributed by atoms with Gasteiger partial charge in [-0.15, -0.1) is 0 Å². The van der Waals surface area contributed by atoms with Crippen LogP contribution in [0.5, 0.6) is 11.5 Å². The molecule has 31 heavy (non-hydrogen) atoms. The van der Waals surface area contributed by atoms with E-state index in [0.717, 1.165) is 51.8 Å². The summed E-state index contributed by atoms with van der Waals surface area (Å²) in [5.41, 5.74) is 5.50. The molecule has 6 rings (SSSR count). The summed E-state index contributed by atoms with van der Waals surface area (Å²) in [6.07, 6.45) is 4.84. The Hall–Kier alpha value is -2.98. The molecule has 0 amide bonds. The number of hydrogen-bond donors (Lipinski definition) is 0. The highest BCUT2D eigenvalue weighted by atomic mass is 16.5. The Morgan fingerprint density at radius 1 is 0.774 bits per heavy atom. The Bertz CT molecular complexity index is 1270. The maximum Gasteiger partial charge on any atom is 0.161 e. The number of benzene rings is 3. The van der Waals surface area contributed by atoms with Gasteiger partial charge in [-0.05, 0) is 59.9 Å². The number of rotatable bonds is 3. The van der Waals surface area contributed by atoms with E-state index in [1.54, 1.807) is 14.2 Å². The van der Waals surface area contributed by atoms with Crippen LogP contribution in [-0.4, -0.2) is 20.3 Å². The minimum atomic E-state index is -0.132. The number of fused-ring (bicyclic) bond motifs is 6. The zero-order valence-corrected chi connectivity index (χ0v) is 17.9. The van der Waals surface area contributed by atoms with Crippen LogP contribution < -0.4 is 9.47 Å². The molecule has 4 aromatic rings. The maximum atomic E-state index is 6.79. The van der Waals surface area contributed by atoms with Crippen molar-refractivity contribution in [1.82, 2.24) is 0 Å². The minimum Gasteiger partial charge on any atom is -0.493 e. The molecule has 0 unspecified atom stereocenters. The first-order chi connectivity index (χ1) is 15.3. The highest BCUT2D eigenvalue weighted by molar-refractivity contribution is 6.05. The van der Waals surface area contributed by atoms with Crippen LogP contribution >= 0.6 is 0 Å². The van der Waals surface area contributed by atoms with Crippen molar-refractivity contribution in [2.45, 2.75) is 43.8 Å². The highest BCUT2D eigenvalue weighted by Crippen LogP contribution is 2.50. The topological polar surface area (TPSA) is 40.8 Å². The van der Waals surface area contributed by atoms with Crippen LogP contribution in [0.4, 0.5) is 0 Å². The van der Waals surface area contributed by atoms with Gasteiger partial charge in [0, 0.05) is 16.7 Å². The molecule has 0 saturated heterocycles. The first-order valence-corrected chi connectivity index (χ1v) is 11.1. The molecule has 0 bridgehead atoms. The van der Waals surface area contributed by atoms with Gasteiger partial charge in [-0.3, -0.25) is 0 Å². The molecule has 1 aliphatic carbocycles. The first kappa shape index (κ1) is 18.8. The number of furan rings is 1. The lowest BCUT2D eigenvalue weighted by atomic mass is 9.75. The molecule has 0 N–H and O–H groups in total. The van der Waals surface area contributed by atoms with Gasteiger partial charge in [-0.1, -0.05) is 37.1 Å². The molecule has 3 atom stereocenters. The number of ether oxygens (including phenoxy) is 3. The van der Waals surface area contributed by atoms with Crippen molar-refractivity contribution in [2.24, 2.45) is 0 Å². The lowest BCUT2D eigenvalue weighted by Crippen LogP contribution is -2.33. The summed E-state index contributed by atoms with van der Waals surface area (Å²) in [6, 6.07) is 18.9. The number of para-hydroxylation sites is 1. The third-order valence-electron chi connectivity index (χ3n) is 6.99. The van der Waals surface area contributed by atoms with Crippen molar-refractivity contribution in [2.75, 3.05) is 14.2 Å². The van der Waals surface area contributed by atoms with Gasteiger partial charge in [0.15, 0.2) is 11.5 Å². The Morgan fingerprint density at radius 3 is 2.35 bits per heavy atom. The SMILES string of the molecule is COc1cc2c(cc1OC)[C@@H]1CCCC[C@@H]1O[C@@H]2c1ccc2oc3ccccc3c2c1. The van der Waals surface area contributed by atoms with Gasteiger partial charge in [0.05, 0.1) is 20.3 Å². The second-order valence-corrected chi connectivity index (χ2v) is 8.64. The molecule has 3 aromatic carbocycles. The molecular formula is C27H26O4. The van der Waals surface area contributed by atoms with Crippen molar-refractivity contribution in [1.29, 1.82) is 0 Å². The molecule has 1 fully saturated rings. The van der Waals surface area contributed by atoms with Crippen LogP contribution in [0, 0.1) is 0 Å². The third kappa shape index (κ3) is 2.93. The van der Waals surface area contributed by atoms with Crippen molar-refractivity contribution in [3.8, 4) is 11.5 Å². The average Bonchev–Trinajstić information content (AvgIpc) is 3.20. The van der Waals surface area contributed by atoms with Gasteiger partial charge in [0.25, 0.3) is 0 Å². The van der Waals surface area contributed by atoms with Gasteiger partial charge in [0.1, 0.15) is 17.3 Å². The van der Waals surface area contributed by atoms with Gasteiger partial charge >= 0.3 is 0 Å². The lowest BCUT2D eigenvalue weighted by Gasteiger charge is -2.41. The molecule has 4 heteroatoms. The predicted octanol–water partition coefficient (Wildman–Crippen LogP) is 6.75. The van der Waals surface area contributed by atoms with Crippen LogP contribution in [0.3, 0.4) is 0 Å². The summed E-state index contributed by atoms with van der Waals surface area (Å²) < 4.78 is 24.1. The monoisotopic (exact) mass is 414 g/mol. The smallest absolute Gasteiger partial charge is 0.161 e. The van der Waals surface area contributed by atoms with E-state index >= 15 is 0 Å². The Balaban J connectivity index is 1.54. The summed E-state index contributed by atoms with van der Waals surface area (Å²) in [7, 11) is 3.40. The third-order valence-corrected chi connectivity index (χ3v) is 6.99. The van der Waals surface area contributed by atoms with E-state index in [1.165, 1.54) is 24.0 Å². The van der Waals surface area contributed by atoms with E-state index in [9.17, 15) is 0 Å². The van der Waals surface area contributed by atoms with Crippen LogP contribution in [0.2, 0.25) is 0 Å². The van der Waals surface area contributed by atoms with Crippen LogP contribution in [0.25, 0.3) is 21.9 Å². The highest BCUT2D eigenvalue weighted by Gasteiger charge is 2.39. The molecule has 158 valence electrons. The zero-order chi connectivity index (χ0) is 20.9. The van der Waals surface area contributed by atoms with Gasteiger partial charge in [0.2, 0.25) is 0 Å². The first-order valence-electron chi connectivity index (χ1n) is 11.1. The van der Waals surface area contributed by atoms with Crippen molar-refractivity contribution >= 4 is 21.9 Å². The fourth-order valence-electron chi connectivity index (χ4n) is 5.49. The Labute approximate surface area is 181 Å². The van der Waals surface area contributed by atoms with Gasteiger partial charge in [-0.2, -0.15) is 0 Å². The Morgan fingerprint density at radius 2 is 1.52 bits per heavy atom. The standard InChI is InChI=1S/C27H26O4/c1-28-25-14-19-17-7-3-6-10-23(17)31-27(21(19)15-26(25)29-2)16-11-12-24-20(13-16)18-8-4-5-9-22(18)30-24/h4-5,8-9,11-15,17,23,27H,3,6-7,10H2,1-2H3/t17-,23-,27+/m0/s1. The molecule has 0 radical (unpaired) electrons. The fraction of sp³-hybridized carbons (Fsp3) is 0.333. The Kier molecular flexibility index (Phi) is 4.43. The summed E-state index contributed by atoms with van der Waals surface area (Å²) in [5, 5.41) is 2.27. The molecule has 4 nitrogen and oxygen atoms in total. The quantitative estimate of drug-likeness (QED) is 0.372. The normalized spacial score (nSPS) is 22.8.